The molecule has 1 N–H and O–H groups in total. The number of hydrogen-bond donors (Lipinski definition) is 1. The number of aromatic nitrogens is 3. The molecule has 2 saturated carbocycles. The molecular weight excluding hydrogens is 336 g/mol. The van der Waals surface area contributed by atoms with Crippen molar-refractivity contribution in [3.8, 4) is 0 Å². The van der Waals surface area contributed by atoms with E-state index in [1.807, 2.05) is 41.0 Å². The number of nitrogens with one attached hydrogen (secondary N) is 1. The van der Waals surface area contributed by atoms with E-state index in [-0.39, 0.29) is 5.56 Å². The molecule has 27 heavy (non-hydrogen) atoms. The molecule has 0 spiro atoms. The second-order valence-corrected chi connectivity index (χ2v) is 8.10. The molecule has 5 heteroatoms. The zero-order chi connectivity index (χ0) is 18.4. The minimum Gasteiger partial charge on any atom is -0.324 e. The van der Waals surface area contributed by atoms with Crippen LogP contribution in [0.2, 0.25) is 0 Å². The maximum Gasteiger partial charge on any atom is 0.252 e. The molecule has 5 rings (SSSR count). The fraction of sp³-hybridized carbons (Fsp3) is 0.409. The van der Waals surface area contributed by atoms with Crippen LogP contribution < -0.4 is 10.9 Å². The van der Waals surface area contributed by atoms with Crippen LogP contribution in [0.4, 0.5) is 11.6 Å². The molecule has 4 atom stereocenters. The van der Waals surface area contributed by atoms with Crippen molar-refractivity contribution in [3.63, 3.8) is 0 Å². The van der Waals surface area contributed by atoms with Crippen molar-refractivity contribution in [1.82, 2.24) is 14.5 Å². The molecule has 2 aromatic heterocycles. The first kappa shape index (κ1) is 16.5. The van der Waals surface area contributed by atoms with E-state index in [0.29, 0.717) is 17.8 Å². The third-order valence-corrected chi connectivity index (χ3v) is 6.68. The number of fused-ring (bicyclic) bond motifs is 3. The first-order chi connectivity index (χ1) is 13.2. The van der Waals surface area contributed by atoms with Gasteiger partial charge in [-0.15, -0.1) is 0 Å². The van der Waals surface area contributed by atoms with Crippen LogP contribution in [0.15, 0.2) is 53.5 Å². The average Bonchev–Trinajstić information content (AvgIpc) is 3.27. The maximum atomic E-state index is 12.7. The van der Waals surface area contributed by atoms with E-state index >= 15 is 0 Å². The summed E-state index contributed by atoms with van der Waals surface area (Å²) >= 11 is 0. The van der Waals surface area contributed by atoms with Gasteiger partial charge in [-0.05, 0) is 61.1 Å². The fourth-order valence-corrected chi connectivity index (χ4v) is 5.18. The Kier molecular flexibility index (Phi) is 3.96. The number of para-hydroxylation sites is 1. The molecule has 2 bridgehead atoms. The summed E-state index contributed by atoms with van der Waals surface area (Å²) in [7, 11) is 0. The van der Waals surface area contributed by atoms with Crippen LogP contribution in [0, 0.1) is 23.7 Å². The van der Waals surface area contributed by atoms with Crippen molar-refractivity contribution in [2.45, 2.75) is 32.7 Å². The standard InChI is InChI=1S/C22H24N4O/c1-14-15-7-8-16(11-15)19(14)13-26-20(27)10-9-17-12-23-22(25-21(17)26)24-18-5-3-2-4-6-18/h2-6,9-10,12,14-16,19H,7-8,11,13H2,1H3,(H,23,24,25). The second-order valence-electron chi connectivity index (χ2n) is 8.10. The van der Waals surface area contributed by atoms with Crippen LogP contribution in [0.25, 0.3) is 11.0 Å². The van der Waals surface area contributed by atoms with Crippen molar-refractivity contribution in [2.75, 3.05) is 5.32 Å². The van der Waals surface area contributed by atoms with Gasteiger partial charge in [-0.3, -0.25) is 9.36 Å². The van der Waals surface area contributed by atoms with E-state index in [0.717, 1.165) is 35.1 Å². The SMILES string of the molecule is CC1C2CCC(C2)C1Cn1c(=O)ccc2cnc(Nc3ccccc3)nc21. The maximum absolute atomic E-state index is 12.7. The van der Waals surface area contributed by atoms with Crippen LogP contribution in [0.5, 0.6) is 0 Å². The smallest absolute Gasteiger partial charge is 0.252 e. The number of anilines is 2. The van der Waals surface area contributed by atoms with E-state index < -0.39 is 0 Å². The first-order valence-electron chi connectivity index (χ1n) is 9.88. The summed E-state index contributed by atoms with van der Waals surface area (Å²) in [5.41, 5.74) is 1.69. The summed E-state index contributed by atoms with van der Waals surface area (Å²) in [6.07, 6.45) is 5.81. The molecule has 0 saturated heterocycles. The number of pyridine rings is 1. The molecule has 4 unspecified atom stereocenters. The Bertz CT molecular complexity index is 1030. The molecule has 0 aliphatic heterocycles. The van der Waals surface area contributed by atoms with Gasteiger partial charge < -0.3 is 5.32 Å². The van der Waals surface area contributed by atoms with Crippen LogP contribution in [0.3, 0.4) is 0 Å². The summed E-state index contributed by atoms with van der Waals surface area (Å²) in [6.45, 7) is 3.13. The minimum atomic E-state index is 0.0295. The number of benzene rings is 1. The lowest BCUT2D eigenvalue weighted by Gasteiger charge is -2.29. The molecule has 2 heterocycles. The van der Waals surface area contributed by atoms with Gasteiger partial charge >= 0.3 is 0 Å². The summed E-state index contributed by atoms with van der Waals surface area (Å²) < 4.78 is 1.87. The third kappa shape index (κ3) is 2.91. The Labute approximate surface area is 158 Å². The van der Waals surface area contributed by atoms with E-state index in [1.54, 1.807) is 12.3 Å². The van der Waals surface area contributed by atoms with Crippen molar-refractivity contribution >= 4 is 22.7 Å². The highest BCUT2D eigenvalue weighted by atomic mass is 16.1. The van der Waals surface area contributed by atoms with Crippen LogP contribution >= 0.6 is 0 Å². The fourth-order valence-electron chi connectivity index (χ4n) is 5.18. The van der Waals surface area contributed by atoms with Crippen molar-refractivity contribution < 1.29 is 0 Å². The largest absolute Gasteiger partial charge is 0.324 e. The Balaban J connectivity index is 1.52. The third-order valence-electron chi connectivity index (χ3n) is 6.68. The molecule has 0 amide bonds. The summed E-state index contributed by atoms with van der Waals surface area (Å²) in [5, 5.41) is 4.14. The van der Waals surface area contributed by atoms with Crippen molar-refractivity contribution in [1.29, 1.82) is 0 Å². The lowest BCUT2D eigenvalue weighted by molar-refractivity contribution is 0.213. The molecule has 2 fully saturated rings. The predicted octanol–water partition coefficient (Wildman–Crippen LogP) is 4.22. The predicted molar refractivity (Wildman–Crippen MR) is 107 cm³/mol. The highest BCUT2D eigenvalue weighted by Gasteiger charge is 2.45. The van der Waals surface area contributed by atoms with Gasteiger partial charge in [0, 0.05) is 29.9 Å². The highest BCUT2D eigenvalue weighted by Crippen LogP contribution is 2.52. The van der Waals surface area contributed by atoms with Gasteiger partial charge in [0.1, 0.15) is 5.65 Å². The zero-order valence-electron chi connectivity index (χ0n) is 15.5. The Morgan fingerprint density at radius 2 is 1.93 bits per heavy atom. The normalized spacial score (nSPS) is 26.6. The summed E-state index contributed by atoms with van der Waals surface area (Å²) in [4.78, 5) is 21.8. The van der Waals surface area contributed by atoms with Gasteiger partial charge in [0.25, 0.3) is 5.56 Å². The monoisotopic (exact) mass is 360 g/mol. The van der Waals surface area contributed by atoms with Crippen molar-refractivity contribution in [2.24, 2.45) is 23.7 Å². The van der Waals surface area contributed by atoms with Gasteiger partial charge in [0.2, 0.25) is 5.95 Å². The first-order valence-corrected chi connectivity index (χ1v) is 9.88. The number of hydrogen-bond acceptors (Lipinski definition) is 4. The quantitative estimate of drug-likeness (QED) is 0.757. The van der Waals surface area contributed by atoms with Crippen LogP contribution in [0.1, 0.15) is 26.2 Å². The molecule has 2 aliphatic carbocycles. The van der Waals surface area contributed by atoms with E-state index in [1.165, 1.54) is 19.3 Å². The van der Waals surface area contributed by atoms with Gasteiger partial charge in [0.05, 0.1) is 0 Å². The molecule has 0 radical (unpaired) electrons. The average molecular weight is 360 g/mol. The molecule has 5 nitrogen and oxygen atoms in total. The van der Waals surface area contributed by atoms with Gasteiger partial charge in [-0.2, -0.15) is 4.98 Å². The Morgan fingerprint density at radius 1 is 1.11 bits per heavy atom. The van der Waals surface area contributed by atoms with Gasteiger partial charge in [0.15, 0.2) is 0 Å². The van der Waals surface area contributed by atoms with Gasteiger partial charge in [-0.1, -0.05) is 25.1 Å². The van der Waals surface area contributed by atoms with Crippen molar-refractivity contribution in [3.05, 3.63) is 59.0 Å². The van der Waals surface area contributed by atoms with Crippen LogP contribution in [-0.2, 0) is 6.54 Å². The summed E-state index contributed by atoms with van der Waals surface area (Å²) in [5.74, 6) is 3.39. The Morgan fingerprint density at radius 3 is 2.70 bits per heavy atom. The minimum absolute atomic E-state index is 0.0295. The zero-order valence-corrected chi connectivity index (χ0v) is 15.5. The molecule has 138 valence electrons. The highest BCUT2D eigenvalue weighted by molar-refractivity contribution is 5.75. The molecule has 2 aliphatic rings. The van der Waals surface area contributed by atoms with E-state index in [4.69, 9.17) is 4.98 Å². The number of rotatable bonds is 4. The molecular formula is C22H24N4O. The van der Waals surface area contributed by atoms with Gasteiger partial charge in [-0.25, -0.2) is 4.98 Å². The lowest BCUT2D eigenvalue weighted by atomic mass is 9.80. The molecule has 1 aromatic carbocycles. The second kappa shape index (κ2) is 6.48. The van der Waals surface area contributed by atoms with E-state index in [9.17, 15) is 4.79 Å². The Hall–Kier alpha value is -2.69. The lowest BCUT2D eigenvalue weighted by Crippen LogP contribution is -2.30. The topological polar surface area (TPSA) is 59.8 Å². The van der Waals surface area contributed by atoms with Crippen LogP contribution in [-0.4, -0.2) is 14.5 Å². The number of nitrogens with zero attached hydrogens (tertiary/aromatic N) is 3. The van der Waals surface area contributed by atoms with E-state index in [2.05, 4.69) is 17.2 Å². The molecule has 3 aromatic rings. The summed E-state index contributed by atoms with van der Waals surface area (Å²) in [6, 6.07) is 13.3.